The first-order valence-corrected chi connectivity index (χ1v) is 10.4. The highest BCUT2D eigenvalue weighted by Crippen LogP contribution is 2.37. The number of carbonyl (C=O) groups is 1. The Kier molecular flexibility index (Phi) is 8.07. The van der Waals surface area contributed by atoms with E-state index < -0.39 is 5.91 Å². The molecule has 1 amide bonds. The second-order valence-electron chi connectivity index (χ2n) is 6.93. The summed E-state index contributed by atoms with van der Waals surface area (Å²) < 4.78 is 11.2. The topological polar surface area (TPSA) is 95.1 Å². The number of halogens is 1. The van der Waals surface area contributed by atoms with Gasteiger partial charge >= 0.3 is 0 Å². The van der Waals surface area contributed by atoms with Crippen LogP contribution in [0.5, 0.6) is 11.5 Å². The summed E-state index contributed by atoms with van der Waals surface area (Å²) in [7, 11) is 1.47. The van der Waals surface area contributed by atoms with Crippen LogP contribution in [-0.4, -0.2) is 13.0 Å². The Bertz CT molecular complexity index is 1260. The SMILES string of the molecule is COc1cc(/C=C(/C#N)C(=O)NCc2ccccc2)cc(Cl)c1OCc1ccccc1C#N. The predicted molar refractivity (Wildman–Crippen MR) is 125 cm³/mol. The summed E-state index contributed by atoms with van der Waals surface area (Å²) in [4.78, 5) is 12.5. The molecule has 7 heteroatoms. The minimum absolute atomic E-state index is 0.0688. The molecule has 0 bridgehead atoms. The van der Waals surface area contributed by atoms with Crippen LogP contribution in [-0.2, 0) is 17.9 Å². The number of ether oxygens (including phenoxy) is 2. The van der Waals surface area contributed by atoms with Crippen LogP contribution in [0.25, 0.3) is 6.08 Å². The molecule has 0 saturated heterocycles. The van der Waals surface area contributed by atoms with Gasteiger partial charge in [0, 0.05) is 12.1 Å². The van der Waals surface area contributed by atoms with Gasteiger partial charge in [-0.25, -0.2) is 0 Å². The zero-order valence-corrected chi connectivity index (χ0v) is 18.6. The second-order valence-corrected chi connectivity index (χ2v) is 7.34. The fourth-order valence-corrected chi connectivity index (χ4v) is 3.33. The fraction of sp³-hybridized carbons (Fsp3) is 0.115. The lowest BCUT2D eigenvalue weighted by Gasteiger charge is -2.14. The van der Waals surface area contributed by atoms with E-state index in [-0.39, 0.29) is 17.2 Å². The number of methoxy groups -OCH3 is 1. The summed E-state index contributed by atoms with van der Waals surface area (Å²) in [6, 6.07) is 23.7. The minimum Gasteiger partial charge on any atom is -0.493 e. The highest BCUT2D eigenvalue weighted by Gasteiger charge is 2.15. The lowest BCUT2D eigenvalue weighted by atomic mass is 10.1. The first-order chi connectivity index (χ1) is 16.0. The van der Waals surface area contributed by atoms with Gasteiger partial charge in [-0.3, -0.25) is 4.79 Å². The van der Waals surface area contributed by atoms with E-state index in [0.29, 0.717) is 34.7 Å². The molecule has 33 heavy (non-hydrogen) atoms. The first kappa shape index (κ1) is 23.4. The third kappa shape index (κ3) is 6.13. The molecule has 0 atom stereocenters. The van der Waals surface area contributed by atoms with Crippen molar-refractivity contribution in [1.29, 1.82) is 10.5 Å². The highest BCUT2D eigenvalue weighted by atomic mass is 35.5. The van der Waals surface area contributed by atoms with Gasteiger partial charge in [0.25, 0.3) is 5.91 Å². The molecule has 3 rings (SSSR count). The average Bonchev–Trinajstić information content (AvgIpc) is 2.85. The van der Waals surface area contributed by atoms with E-state index in [1.807, 2.05) is 42.5 Å². The number of hydrogen-bond acceptors (Lipinski definition) is 5. The molecular formula is C26H20ClN3O3. The summed E-state index contributed by atoms with van der Waals surface area (Å²) in [5.74, 6) is 0.145. The number of rotatable bonds is 8. The van der Waals surface area contributed by atoms with E-state index in [2.05, 4.69) is 11.4 Å². The van der Waals surface area contributed by atoms with E-state index in [9.17, 15) is 15.3 Å². The van der Waals surface area contributed by atoms with Crippen LogP contribution in [0.15, 0.2) is 72.3 Å². The highest BCUT2D eigenvalue weighted by molar-refractivity contribution is 6.32. The van der Waals surface area contributed by atoms with Crippen molar-refractivity contribution in [2.24, 2.45) is 0 Å². The maximum atomic E-state index is 12.5. The summed E-state index contributed by atoms with van der Waals surface area (Å²) in [6.45, 7) is 0.431. The van der Waals surface area contributed by atoms with Crippen LogP contribution in [0, 0.1) is 22.7 Å². The van der Waals surface area contributed by atoms with Gasteiger partial charge in [0.1, 0.15) is 18.2 Å². The summed E-state index contributed by atoms with van der Waals surface area (Å²) >= 11 is 6.42. The molecule has 1 N–H and O–H groups in total. The molecule has 6 nitrogen and oxygen atoms in total. The van der Waals surface area contributed by atoms with Crippen molar-refractivity contribution in [3.63, 3.8) is 0 Å². The molecule has 0 unspecified atom stereocenters. The Balaban J connectivity index is 1.78. The zero-order chi connectivity index (χ0) is 23.6. The maximum absolute atomic E-state index is 12.5. The Hall–Kier alpha value is -4.26. The van der Waals surface area contributed by atoms with E-state index in [1.165, 1.54) is 13.2 Å². The third-order valence-electron chi connectivity index (χ3n) is 4.73. The maximum Gasteiger partial charge on any atom is 0.262 e. The zero-order valence-electron chi connectivity index (χ0n) is 17.8. The van der Waals surface area contributed by atoms with Crippen molar-refractivity contribution in [2.75, 3.05) is 7.11 Å². The molecular weight excluding hydrogens is 438 g/mol. The van der Waals surface area contributed by atoms with Gasteiger partial charge in [0.05, 0.1) is 23.8 Å². The van der Waals surface area contributed by atoms with Crippen LogP contribution in [0.2, 0.25) is 5.02 Å². The van der Waals surface area contributed by atoms with Gasteiger partial charge in [-0.15, -0.1) is 0 Å². The van der Waals surface area contributed by atoms with Crippen LogP contribution < -0.4 is 14.8 Å². The van der Waals surface area contributed by atoms with Crippen molar-refractivity contribution in [1.82, 2.24) is 5.32 Å². The van der Waals surface area contributed by atoms with Crippen LogP contribution in [0.1, 0.15) is 22.3 Å². The van der Waals surface area contributed by atoms with Crippen LogP contribution >= 0.6 is 11.6 Å². The Morgan fingerprint density at radius 3 is 2.52 bits per heavy atom. The first-order valence-electron chi connectivity index (χ1n) is 9.98. The monoisotopic (exact) mass is 457 g/mol. The van der Waals surface area contributed by atoms with Gasteiger partial charge in [-0.05, 0) is 35.4 Å². The molecule has 3 aromatic rings. The molecule has 0 saturated carbocycles. The number of nitriles is 2. The summed E-state index contributed by atoms with van der Waals surface area (Å²) in [5.41, 5.74) is 2.58. The molecule has 0 aromatic heterocycles. The smallest absolute Gasteiger partial charge is 0.262 e. The summed E-state index contributed by atoms with van der Waals surface area (Å²) in [5, 5.41) is 21.7. The van der Waals surface area contributed by atoms with Gasteiger partial charge in [-0.1, -0.05) is 60.1 Å². The van der Waals surface area contributed by atoms with Gasteiger partial charge in [0.2, 0.25) is 0 Å². The van der Waals surface area contributed by atoms with Gasteiger partial charge < -0.3 is 14.8 Å². The minimum atomic E-state index is -0.495. The van der Waals surface area contributed by atoms with E-state index in [4.69, 9.17) is 21.1 Å². The van der Waals surface area contributed by atoms with Crippen LogP contribution in [0.4, 0.5) is 0 Å². The molecule has 0 aliphatic heterocycles. The number of hydrogen-bond donors (Lipinski definition) is 1. The molecule has 0 aliphatic carbocycles. The molecule has 164 valence electrons. The standard InChI is InChI=1S/C26H20ClN3O3/c1-32-24-13-19(11-22(15-29)26(31)30-16-18-7-3-2-4-8-18)12-23(27)25(24)33-17-21-10-6-5-9-20(21)14-28/h2-13H,16-17H2,1H3,(H,30,31)/b22-11-. The van der Waals surface area contributed by atoms with Crippen molar-refractivity contribution in [2.45, 2.75) is 13.2 Å². The van der Waals surface area contributed by atoms with Crippen LogP contribution in [0.3, 0.4) is 0 Å². The third-order valence-corrected chi connectivity index (χ3v) is 5.01. The van der Waals surface area contributed by atoms with Gasteiger partial charge in [0.15, 0.2) is 11.5 Å². The molecule has 0 spiro atoms. The van der Waals surface area contributed by atoms with Crippen molar-refractivity contribution >= 4 is 23.6 Å². The average molecular weight is 458 g/mol. The normalized spacial score (nSPS) is 10.6. The quantitative estimate of drug-likeness (QED) is 0.378. The molecule has 0 aliphatic rings. The molecule has 0 radical (unpaired) electrons. The lowest BCUT2D eigenvalue weighted by Crippen LogP contribution is -2.23. The second kappa shape index (κ2) is 11.4. The van der Waals surface area contributed by atoms with E-state index >= 15 is 0 Å². The Labute approximate surface area is 197 Å². The number of nitrogens with one attached hydrogen (secondary N) is 1. The molecule has 0 fully saturated rings. The van der Waals surface area contributed by atoms with E-state index in [1.54, 1.807) is 30.3 Å². The predicted octanol–water partition coefficient (Wildman–Crippen LogP) is 5.02. The van der Waals surface area contributed by atoms with E-state index in [0.717, 1.165) is 5.56 Å². The largest absolute Gasteiger partial charge is 0.493 e. The molecule has 0 heterocycles. The molecule has 3 aromatic carbocycles. The fourth-order valence-electron chi connectivity index (χ4n) is 3.06. The lowest BCUT2D eigenvalue weighted by molar-refractivity contribution is -0.117. The Morgan fingerprint density at radius 1 is 1.09 bits per heavy atom. The number of benzene rings is 3. The summed E-state index contributed by atoms with van der Waals surface area (Å²) in [6.07, 6.45) is 1.43. The van der Waals surface area contributed by atoms with Crippen molar-refractivity contribution in [3.8, 4) is 23.6 Å². The van der Waals surface area contributed by atoms with Crippen molar-refractivity contribution in [3.05, 3.63) is 99.6 Å². The van der Waals surface area contributed by atoms with Gasteiger partial charge in [-0.2, -0.15) is 10.5 Å². The Morgan fingerprint density at radius 2 is 1.82 bits per heavy atom. The number of amides is 1. The number of carbonyl (C=O) groups excluding carboxylic acids is 1. The van der Waals surface area contributed by atoms with Crippen molar-refractivity contribution < 1.29 is 14.3 Å². The number of nitrogens with zero attached hydrogens (tertiary/aromatic N) is 2.